The fraction of sp³-hybridized carbons (Fsp3) is 1.00. The Bertz CT molecular complexity index is 105. The number of thiol groups is 1. The lowest BCUT2D eigenvalue weighted by molar-refractivity contribution is -0.870. The van der Waals surface area contributed by atoms with Crippen molar-refractivity contribution in [2.45, 2.75) is 26.2 Å². The lowest BCUT2D eigenvalue weighted by Gasteiger charge is -2.23. The zero-order valence-corrected chi connectivity index (χ0v) is 15.1. The molecule has 1 nitrogen and oxygen atoms in total. The molecule has 0 aliphatic heterocycles. The van der Waals surface area contributed by atoms with Crippen molar-refractivity contribution in [3.8, 4) is 0 Å². The summed E-state index contributed by atoms with van der Waals surface area (Å²) in [6.45, 7) is 3.58. The second kappa shape index (κ2) is 12.8. The molecule has 0 amide bonds. The molecule has 0 spiro atoms. The second-order valence-corrected chi connectivity index (χ2v) is 5.73. The van der Waals surface area contributed by atoms with Crippen LogP contribution < -0.4 is 48.0 Å². The van der Waals surface area contributed by atoms with E-state index in [-0.39, 0.29) is 48.0 Å². The van der Waals surface area contributed by atoms with Gasteiger partial charge in [0.25, 0.3) is 0 Å². The zero-order valence-electron chi connectivity index (χ0n) is 9.89. The van der Waals surface area contributed by atoms with E-state index in [4.69, 9.17) is 0 Å². The molecule has 0 aromatic carbocycles. The Morgan fingerprint density at radius 1 is 0.929 bits per heavy atom. The Labute approximate surface area is 128 Å². The highest BCUT2D eigenvalue weighted by molar-refractivity contribution is 7.78. The van der Waals surface area contributed by atoms with Gasteiger partial charge in [0.15, 0.2) is 0 Å². The molecule has 90 valence electrons. The van der Waals surface area contributed by atoms with Crippen LogP contribution in [0.15, 0.2) is 0 Å². The summed E-state index contributed by atoms with van der Waals surface area (Å²) in [7, 11) is 6.80. The minimum absolute atomic E-state index is 0. The summed E-state index contributed by atoms with van der Waals surface area (Å²) in [5.74, 6) is 2.80. The van der Waals surface area contributed by atoms with Crippen LogP contribution in [0.25, 0.3) is 0 Å². The van der Waals surface area contributed by atoms with Crippen LogP contribution in [-0.4, -0.2) is 43.7 Å². The summed E-state index contributed by atoms with van der Waals surface area (Å²) in [5, 5.41) is 0. The fourth-order valence-corrected chi connectivity index (χ4v) is 2.07. The molecule has 4 heteroatoms. The van der Waals surface area contributed by atoms with Crippen LogP contribution in [0, 0.1) is 0 Å². The number of hydrogen-bond donors (Lipinski definition) is 0. The standard InChI is InChI=1S/C10H24NS.2HI/c1-5-9-12-10-7-6-8-11(2,3)4;;/h5-10H2,1-4H3;2*1H/q+1;;/p-1. The number of unbranched alkanes of at least 4 members (excludes halogenated alkanes) is 1. The maximum atomic E-state index is 2.27. The van der Waals surface area contributed by atoms with E-state index in [1.165, 1.54) is 37.3 Å². The van der Waals surface area contributed by atoms with E-state index in [1.54, 1.807) is 11.8 Å². The first-order valence-electron chi connectivity index (χ1n) is 5.00. The van der Waals surface area contributed by atoms with Crippen molar-refractivity contribution in [1.82, 2.24) is 0 Å². The first kappa shape index (κ1) is 21.1. The molecule has 0 saturated carbocycles. The molecule has 0 radical (unpaired) electrons. The van der Waals surface area contributed by atoms with E-state index in [1.807, 2.05) is 0 Å². The van der Waals surface area contributed by atoms with Gasteiger partial charge >= 0.3 is 0 Å². The number of quaternary nitrogens is 1. The van der Waals surface area contributed by atoms with Gasteiger partial charge in [-0.2, -0.15) is 0 Å². The third-order valence-electron chi connectivity index (χ3n) is 1.78. The van der Waals surface area contributed by atoms with E-state index >= 15 is 0 Å². The first-order chi connectivity index (χ1) is 5.56. The summed E-state index contributed by atoms with van der Waals surface area (Å²) >= 11 is 1.66. The molecule has 0 aliphatic carbocycles. The van der Waals surface area contributed by atoms with Crippen molar-refractivity contribution in [3.63, 3.8) is 0 Å². The molecule has 0 N–H and O–H groups in total. The first-order valence-corrected chi connectivity index (χ1v) is 6.26. The summed E-state index contributed by atoms with van der Waals surface area (Å²) in [5.41, 5.74) is 0. The van der Waals surface area contributed by atoms with Crippen LogP contribution in [0.1, 0.15) is 26.2 Å². The van der Waals surface area contributed by atoms with E-state index in [0.29, 0.717) is 0 Å². The van der Waals surface area contributed by atoms with Gasteiger partial charge < -0.3 is 52.4 Å². The molecule has 0 saturated heterocycles. The predicted molar refractivity (Wildman–Crippen MR) is 60.9 cm³/mol. The largest absolute Gasteiger partial charge is 1.00 e. The highest BCUT2D eigenvalue weighted by Gasteiger charge is 2.06. The van der Waals surface area contributed by atoms with Crippen molar-refractivity contribution >= 4 is 11.8 Å². The van der Waals surface area contributed by atoms with Gasteiger partial charge in [-0.15, -0.1) is 0 Å². The molecule has 0 atom stereocenters. The van der Waals surface area contributed by atoms with Crippen molar-refractivity contribution in [2.75, 3.05) is 39.2 Å². The summed E-state index contributed by atoms with van der Waals surface area (Å²) < 4.78 is 1.12. The highest BCUT2D eigenvalue weighted by Crippen LogP contribution is 1.98. The Morgan fingerprint density at radius 3 is 1.93 bits per heavy atom. The summed E-state index contributed by atoms with van der Waals surface area (Å²) in [6.07, 6.45) is 4.15. The van der Waals surface area contributed by atoms with Gasteiger partial charge in [-0.1, -0.05) is 6.92 Å². The summed E-state index contributed by atoms with van der Waals surface area (Å²) in [6, 6.07) is 0. The minimum Gasteiger partial charge on any atom is -1.00 e. The van der Waals surface area contributed by atoms with Crippen LogP contribution in [0.2, 0.25) is 0 Å². The molecular weight excluding hydrogens is 420 g/mol. The third kappa shape index (κ3) is 19.4. The molecule has 0 bridgehead atoms. The molecule has 0 aromatic rings. The van der Waals surface area contributed by atoms with Crippen molar-refractivity contribution in [2.24, 2.45) is 0 Å². The molecule has 0 aromatic heterocycles. The molecule has 0 heterocycles. The molecular formula is C10H25I2NS. The van der Waals surface area contributed by atoms with Gasteiger partial charge in [0.1, 0.15) is 11.5 Å². The number of rotatable bonds is 7. The minimum atomic E-state index is 0. The molecule has 0 fully saturated rings. The van der Waals surface area contributed by atoms with E-state index < -0.39 is 0 Å². The highest BCUT2D eigenvalue weighted by atomic mass is 127. The van der Waals surface area contributed by atoms with Gasteiger partial charge in [0, 0.05) is 6.42 Å². The zero-order chi connectivity index (χ0) is 9.45. The fourth-order valence-electron chi connectivity index (χ4n) is 1.08. The lowest BCUT2D eigenvalue weighted by Crippen LogP contribution is -3.00. The Hall–Kier alpha value is 1.77. The number of hydrogen-bond acceptors (Lipinski definition) is 0. The van der Waals surface area contributed by atoms with Gasteiger partial charge in [-0.25, -0.2) is 0 Å². The summed E-state index contributed by atoms with van der Waals surface area (Å²) in [4.78, 5) is 0. The van der Waals surface area contributed by atoms with Crippen LogP contribution in [0.5, 0.6) is 0 Å². The van der Waals surface area contributed by atoms with Crippen molar-refractivity contribution in [3.05, 3.63) is 0 Å². The second-order valence-electron chi connectivity index (χ2n) is 4.39. The number of halogens is 2. The van der Waals surface area contributed by atoms with Gasteiger partial charge in [-0.05, 0) is 24.6 Å². The number of nitrogens with zero attached hydrogens (tertiary/aromatic N) is 1. The lowest BCUT2D eigenvalue weighted by atomic mass is 10.3. The molecule has 0 aliphatic rings. The Kier molecular flexibility index (Phi) is 19.3. The van der Waals surface area contributed by atoms with E-state index in [9.17, 15) is 0 Å². The topological polar surface area (TPSA) is 0 Å². The Morgan fingerprint density at radius 2 is 1.50 bits per heavy atom. The van der Waals surface area contributed by atoms with Crippen molar-refractivity contribution in [1.29, 1.82) is 0 Å². The average Bonchev–Trinajstić information content (AvgIpc) is 1.94. The third-order valence-corrected chi connectivity index (χ3v) is 3.17. The van der Waals surface area contributed by atoms with Gasteiger partial charge in [0.05, 0.1) is 27.7 Å². The average molecular weight is 445 g/mol. The molecule has 14 heavy (non-hydrogen) atoms. The van der Waals surface area contributed by atoms with E-state index in [0.717, 1.165) is 4.48 Å². The van der Waals surface area contributed by atoms with Crippen LogP contribution in [0.4, 0.5) is 0 Å². The van der Waals surface area contributed by atoms with Crippen LogP contribution >= 0.6 is 0 Å². The SMILES string of the molecule is CCC[SH+]CCCC[N+](C)(C)C.[I-].[I-]. The molecule has 0 unspecified atom stereocenters. The molecule has 0 rings (SSSR count). The van der Waals surface area contributed by atoms with E-state index in [2.05, 4.69) is 28.1 Å². The Balaban J connectivity index is -0.000000605. The maximum absolute atomic E-state index is 2.27. The predicted octanol–water partition coefficient (Wildman–Crippen LogP) is -4.29. The van der Waals surface area contributed by atoms with Crippen LogP contribution in [-0.2, 0) is 11.8 Å². The maximum Gasteiger partial charge on any atom is 0.106 e. The van der Waals surface area contributed by atoms with Crippen LogP contribution in [0.3, 0.4) is 0 Å². The quantitative estimate of drug-likeness (QED) is 0.122. The van der Waals surface area contributed by atoms with Crippen molar-refractivity contribution < 1.29 is 52.4 Å². The smallest absolute Gasteiger partial charge is 0.106 e. The van der Waals surface area contributed by atoms with Gasteiger partial charge in [0.2, 0.25) is 0 Å². The normalized spacial score (nSPS) is 10.3. The van der Waals surface area contributed by atoms with Gasteiger partial charge in [-0.3, -0.25) is 0 Å². The monoisotopic (exact) mass is 445 g/mol.